The van der Waals surface area contributed by atoms with Crippen LogP contribution in [0.15, 0.2) is 42.6 Å². The molecule has 150 valence electrons. The van der Waals surface area contributed by atoms with E-state index in [0.29, 0.717) is 25.9 Å². The van der Waals surface area contributed by atoms with Crippen molar-refractivity contribution < 1.29 is 9.59 Å². The Bertz CT molecular complexity index is 1080. The van der Waals surface area contributed by atoms with Gasteiger partial charge < -0.3 is 20.5 Å². The van der Waals surface area contributed by atoms with Crippen LogP contribution in [-0.2, 0) is 22.6 Å². The van der Waals surface area contributed by atoms with Crippen molar-refractivity contribution in [1.29, 1.82) is 0 Å². The van der Waals surface area contributed by atoms with Crippen molar-refractivity contribution in [3.63, 3.8) is 0 Å². The van der Waals surface area contributed by atoms with Crippen LogP contribution in [0.3, 0.4) is 0 Å². The number of hydrogen-bond donors (Lipinski definition) is 3. The molecule has 0 saturated carbocycles. The van der Waals surface area contributed by atoms with Gasteiger partial charge in [0.05, 0.1) is 4.34 Å². The molecular weight excluding hydrogens is 408 g/mol. The van der Waals surface area contributed by atoms with Gasteiger partial charge >= 0.3 is 0 Å². The van der Waals surface area contributed by atoms with Crippen LogP contribution in [0.25, 0.3) is 10.9 Å². The minimum atomic E-state index is -0.521. The molecule has 0 spiro atoms. The Hall–Kier alpha value is -2.35. The molecule has 29 heavy (non-hydrogen) atoms. The molecule has 2 aliphatic rings. The van der Waals surface area contributed by atoms with E-state index < -0.39 is 6.04 Å². The second kappa shape index (κ2) is 7.48. The van der Waals surface area contributed by atoms with E-state index in [2.05, 4.69) is 15.6 Å². The molecule has 0 bridgehead atoms. The summed E-state index contributed by atoms with van der Waals surface area (Å²) in [6, 6.07) is 11.1. The average Bonchev–Trinajstić information content (AvgIpc) is 3.43. The fourth-order valence-electron chi connectivity index (χ4n) is 4.36. The lowest BCUT2D eigenvalue weighted by Gasteiger charge is -2.34. The van der Waals surface area contributed by atoms with Gasteiger partial charge in [0.25, 0.3) is 0 Å². The highest BCUT2D eigenvalue weighted by atomic mass is 35.5. The van der Waals surface area contributed by atoms with Gasteiger partial charge in [-0.15, -0.1) is 11.3 Å². The molecule has 2 amide bonds. The SMILES string of the molecule is O=C1N[C@@H](Cc2c[nH]c3ccccc23)C(=O)N2C[C@@H](NCc3ccc(Cl)s3)C[C@@H]12. The number of para-hydroxylation sites is 1. The summed E-state index contributed by atoms with van der Waals surface area (Å²) in [7, 11) is 0. The molecule has 4 heterocycles. The highest BCUT2D eigenvalue weighted by Crippen LogP contribution is 2.27. The van der Waals surface area contributed by atoms with Crippen LogP contribution in [0.1, 0.15) is 16.9 Å². The Morgan fingerprint density at radius 3 is 2.90 bits per heavy atom. The largest absolute Gasteiger partial charge is 0.361 e. The summed E-state index contributed by atoms with van der Waals surface area (Å²) in [5, 5.41) is 7.51. The van der Waals surface area contributed by atoms with Crippen molar-refractivity contribution >= 4 is 45.7 Å². The van der Waals surface area contributed by atoms with Gasteiger partial charge in [-0.1, -0.05) is 29.8 Å². The second-order valence-corrected chi connectivity index (χ2v) is 9.45. The highest BCUT2D eigenvalue weighted by Gasteiger charge is 2.46. The number of carbonyl (C=O) groups is 2. The van der Waals surface area contributed by atoms with Gasteiger partial charge in [-0.2, -0.15) is 0 Å². The number of piperazine rings is 1. The fourth-order valence-corrected chi connectivity index (χ4v) is 5.39. The summed E-state index contributed by atoms with van der Waals surface area (Å²) in [4.78, 5) is 31.9. The minimum absolute atomic E-state index is 0.00310. The topological polar surface area (TPSA) is 77.2 Å². The lowest BCUT2D eigenvalue weighted by Crippen LogP contribution is -2.61. The highest BCUT2D eigenvalue weighted by molar-refractivity contribution is 7.16. The van der Waals surface area contributed by atoms with E-state index in [1.807, 2.05) is 42.6 Å². The van der Waals surface area contributed by atoms with Crippen molar-refractivity contribution in [1.82, 2.24) is 20.5 Å². The summed E-state index contributed by atoms with van der Waals surface area (Å²) >= 11 is 7.53. The first-order chi connectivity index (χ1) is 14.1. The van der Waals surface area contributed by atoms with Crippen molar-refractivity contribution in [2.45, 2.75) is 37.5 Å². The predicted molar refractivity (Wildman–Crippen MR) is 114 cm³/mol. The molecular formula is C21H21ClN4O2S. The molecule has 3 N–H and O–H groups in total. The van der Waals surface area contributed by atoms with Crippen LogP contribution in [0.5, 0.6) is 0 Å². The zero-order valence-electron chi connectivity index (χ0n) is 15.7. The summed E-state index contributed by atoms with van der Waals surface area (Å²) in [5.74, 6) is -0.0544. The molecule has 2 aromatic heterocycles. The van der Waals surface area contributed by atoms with Crippen LogP contribution in [0.2, 0.25) is 4.34 Å². The van der Waals surface area contributed by atoms with Gasteiger partial charge in [-0.3, -0.25) is 9.59 Å². The monoisotopic (exact) mass is 428 g/mol. The maximum atomic E-state index is 13.1. The first kappa shape index (κ1) is 18.7. The number of fused-ring (bicyclic) bond motifs is 2. The quantitative estimate of drug-likeness (QED) is 0.584. The van der Waals surface area contributed by atoms with E-state index in [9.17, 15) is 9.59 Å². The Labute approximate surface area is 177 Å². The maximum Gasteiger partial charge on any atom is 0.246 e. The molecule has 0 unspecified atom stereocenters. The molecule has 0 radical (unpaired) electrons. The van der Waals surface area contributed by atoms with Crippen LogP contribution < -0.4 is 10.6 Å². The lowest BCUT2D eigenvalue weighted by molar-refractivity contribution is -0.146. The fraction of sp³-hybridized carbons (Fsp3) is 0.333. The lowest BCUT2D eigenvalue weighted by atomic mass is 10.0. The molecule has 6 nitrogen and oxygen atoms in total. The third-order valence-electron chi connectivity index (χ3n) is 5.79. The first-order valence-electron chi connectivity index (χ1n) is 9.72. The number of hydrogen-bond acceptors (Lipinski definition) is 4. The first-order valence-corrected chi connectivity index (χ1v) is 10.9. The third kappa shape index (κ3) is 3.54. The number of nitrogens with zero attached hydrogens (tertiary/aromatic N) is 1. The minimum Gasteiger partial charge on any atom is -0.361 e. The summed E-state index contributed by atoms with van der Waals surface area (Å²) in [6.07, 6.45) is 3.05. The van der Waals surface area contributed by atoms with Gasteiger partial charge in [0, 0.05) is 47.5 Å². The molecule has 3 atom stereocenters. The number of aromatic amines is 1. The van der Waals surface area contributed by atoms with Gasteiger partial charge in [-0.25, -0.2) is 0 Å². The van der Waals surface area contributed by atoms with E-state index in [0.717, 1.165) is 25.7 Å². The molecule has 2 saturated heterocycles. The zero-order chi connectivity index (χ0) is 20.0. The van der Waals surface area contributed by atoms with Crippen molar-refractivity contribution in [2.75, 3.05) is 6.54 Å². The molecule has 3 aromatic rings. The Kier molecular flexibility index (Phi) is 4.81. The summed E-state index contributed by atoms with van der Waals surface area (Å²) < 4.78 is 0.764. The van der Waals surface area contributed by atoms with E-state index in [-0.39, 0.29) is 23.9 Å². The van der Waals surface area contributed by atoms with E-state index in [4.69, 9.17) is 11.6 Å². The number of halogens is 1. The van der Waals surface area contributed by atoms with Gasteiger partial charge in [0.15, 0.2) is 0 Å². The number of aromatic nitrogens is 1. The number of amides is 2. The molecule has 8 heteroatoms. The number of H-pyrrole nitrogens is 1. The van der Waals surface area contributed by atoms with Gasteiger partial charge in [0.1, 0.15) is 12.1 Å². The van der Waals surface area contributed by atoms with E-state index >= 15 is 0 Å². The Morgan fingerprint density at radius 1 is 1.21 bits per heavy atom. The molecule has 5 rings (SSSR count). The number of thiophene rings is 1. The standard InChI is InChI=1S/C21H21ClN4O2S/c22-19-6-5-14(29-19)10-23-13-8-18-20(27)25-17(21(28)26(18)11-13)7-12-9-24-16-4-2-1-3-15(12)16/h1-6,9,13,17-18,23-24H,7-8,10-11H2,(H,25,27)/t13-,17-,18-/m0/s1. The van der Waals surface area contributed by atoms with Crippen molar-refractivity contribution in [2.24, 2.45) is 0 Å². The van der Waals surface area contributed by atoms with Gasteiger partial charge in [-0.05, 0) is 30.2 Å². The van der Waals surface area contributed by atoms with E-state index in [1.165, 1.54) is 0 Å². The summed E-state index contributed by atoms with van der Waals surface area (Å²) in [5.41, 5.74) is 2.08. The van der Waals surface area contributed by atoms with Gasteiger partial charge in [0.2, 0.25) is 11.8 Å². The Balaban J connectivity index is 1.27. The number of nitrogens with one attached hydrogen (secondary N) is 3. The number of benzene rings is 1. The van der Waals surface area contributed by atoms with Crippen LogP contribution in [-0.4, -0.2) is 46.4 Å². The maximum absolute atomic E-state index is 13.1. The van der Waals surface area contributed by atoms with Crippen molar-refractivity contribution in [3.05, 3.63) is 57.4 Å². The molecule has 2 aliphatic heterocycles. The molecule has 2 fully saturated rings. The smallest absolute Gasteiger partial charge is 0.246 e. The second-order valence-electron chi connectivity index (χ2n) is 7.65. The molecule has 0 aliphatic carbocycles. The molecule has 1 aromatic carbocycles. The Morgan fingerprint density at radius 2 is 2.07 bits per heavy atom. The number of carbonyl (C=O) groups excluding carboxylic acids is 2. The van der Waals surface area contributed by atoms with Crippen LogP contribution in [0, 0.1) is 0 Å². The zero-order valence-corrected chi connectivity index (χ0v) is 17.2. The average molecular weight is 429 g/mol. The van der Waals surface area contributed by atoms with Crippen LogP contribution >= 0.6 is 22.9 Å². The normalized spacial score (nSPS) is 24.2. The predicted octanol–water partition coefficient (Wildman–Crippen LogP) is 2.68. The van der Waals surface area contributed by atoms with Crippen LogP contribution in [0.4, 0.5) is 0 Å². The van der Waals surface area contributed by atoms with E-state index in [1.54, 1.807) is 16.2 Å². The summed E-state index contributed by atoms with van der Waals surface area (Å²) in [6.45, 7) is 1.25. The van der Waals surface area contributed by atoms with Crippen molar-refractivity contribution in [3.8, 4) is 0 Å². The number of rotatable bonds is 5. The third-order valence-corrected chi connectivity index (χ3v) is 7.03.